The molecular formula is C17H19N5O. The van der Waals surface area contributed by atoms with Gasteiger partial charge in [0.15, 0.2) is 5.65 Å². The first-order valence-electron chi connectivity index (χ1n) is 7.98. The Morgan fingerprint density at radius 3 is 2.70 bits per heavy atom. The highest BCUT2D eigenvalue weighted by Gasteiger charge is 2.21. The minimum absolute atomic E-state index is 0.249. The highest BCUT2D eigenvalue weighted by Crippen LogP contribution is 2.31. The van der Waals surface area contributed by atoms with E-state index in [9.17, 15) is 4.79 Å². The molecule has 0 amide bonds. The number of nitrogens with zero attached hydrogens (tertiary/aromatic N) is 4. The van der Waals surface area contributed by atoms with Gasteiger partial charge in [0.25, 0.3) is 0 Å². The standard InChI is InChI=1S/C17H19N5O/c1-11-6-2-5-9-14(11)22-16-13(15(18)19-17(22)23)10-21(20-16)12-7-3-4-8-12/h2,5-6,9-10,12H,3-4,7-8H2,1H3,(H2,18,19,23). The molecule has 1 aromatic carbocycles. The molecule has 3 aromatic rings. The zero-order chi connectivity index (χ0) is 16.0. The molecule has 2 heterocycles. The number of benzene rings is 1. The summed E-state index contributed by atoms with van der Waals surface area (Å²) in [5.41, 5.74) is 7.97. The average Bonchev–Trinajstić information content (AvgIpc) is 3.17. The lowest BCUT2D eigenvalue weighted by atomic mass is 10.2. The zero-order valence-corrected chi connectivity index (χ0v) is 13.1. The van der Waals surface area contributed by atoms with Crippen LogP contribution in [0, 0.1) is 6.92 Å². The van der Waals surface area contributed by atoms with Crippen LogP contribution in [-0.4, -0.2) is 19.3 Å². The van der Waals surface area contributed by atoms with Crippen LogP contribution in [0.1, 0.15) is 37.3 Å². The van der Waals surface area contributed by atoms with Gasteiger partial charge >= 0.3 is 5.69 Å². The summed E-state index contributed by atoms with van der Waals surface area (Å²) < 4.78 is 3.52. The number of aromatic nitrogens is 4. The predicted octanol–water partition coefficient (Wildman–Crippen LogP) is 2.59. The minimum atomic E-state index is -0.388. The Bertz CT molecular complexity index is 934. The molecule has 0 spiro atoms. The third kappa shape index (κ3) is 2.21. The van der Waals surface area contributed by atoms with Gasteiger partial charge in [-0.05, 0) is 31.4 Å². The van der Waals surface area contributed by atoms with Crippen LogP contribution in [0.2, 0.25) is 0 Å². The molecule has 4 rings (SSSR count). The second-order valence-electron chi connectivity index (χ2n) is 6.19. The van der Waals surface area contributed by atoms with E-state index in [0.717, 1.165) is 29.5 Å². The Morgan fingerprint density at radius 1 is 1.22 bits per heavy atom. The van der Waals surface area contributed by atoms with E-state index < -0.39 is 0 Å². The van der Waals surface area contributed by atoms with Crippen LogP contribution in [-0.2, 0) is 0 Å². The highest BCUT2D eigenvalue weighted by molar-refractivity contribution is 5.86. The normalized spacial score (nSPS) is 15.5. The van der Waals surface area contributed by atoms with Crippen molar-refractivity contribution in [1.82, 2.24) is 19.3 Å². The number of hydrogen-bond acceptors (Lipinski definition) is 4. The molecule has 23 heavy (non-hydrogen) atoms. The quantitative estimate of drug-likeness (QED) is 0.789. The summed E-state index contributed by atoms with van der Waals surface area (Å²) in [5, 5.41) is 5.43. The van der Waals surface area contributed by atoms with Gasteiger partial charge in [-0.1, -0.05) is 31.0 Å². The molecule has 0 bridgehead atoms. The van der Waals surface area contributed by atoms with E-state index in [-0.39, 0.29) is 11.5 Å². The first-order valence-corrected chi connectivity index (χ1v) is 7.98. The lowest BCUT2D eigenvalue weighted by Gasteiger charge is -2.10. The summed E-state index contributed by atoms with van der Waals surface area (Å²) in [5.74, 6) is 0.249. The smallest absolute Gasteiger partial charge is 0.355 e. The third-order valence-electron chi connectivity index (χ3n) is 4.66. The fraction of sp³-hybridized carbons (Fsp3) is 0.353. The van der Waals surface area contributed by atoms with Gasteiger partial charge in [-0.3, -0.25) is 4.68 Å². The van der Waals surface area contributed by atoms with Crippen LogP contribution in [0.3, 0.4) is 0 Å². The second-order valence-corrected chi connectivity index (χ2v) is 6.19. The Labute approximate surface area is 133 Å². The van der Waals surface area contributed by atoms with Gasteiger partial charge in [-0.2, -0.15) is 10.1 Å². The highest BCUT2D eigenvalue weighted by atomic mass is 16.1. The number of hydrogen-bond donors (Lipinski definition) is 1. The van der Waals surface area contributed by atoms with Gasteiger partial charge in [0, 0.05) is 6.20 Å². The van der Waals surface area contributed by atoms with Gasteiger partial charge in [-0.15, -0.1) is 0 Å². The van der Waals surface area contributed by atoms with E-state index in [0.29, 0.717) is 11.7 Å². The molecule has 1 aliphatic carbocycles. The summed E-state index contributed by atoms with van der Waals surface area (Å²) in [4.78, 5) is 16.5. The van der Waals surface area contributed by atoms with Gasteiger partial charge in [-0.25, -0.2) is 9.36 Å². The number of nitrogens with two attached hydrogens (primary N) is 1. The van der Waals surface area contributed by atoms with Crippen molar-refractivity contribution in [1.29, 1.82) is 0 Å². The van der Waals surface area contributed by atoms with E-state index in [2.05, 4.69) is 4.98 Å². The topological polar surface area (TPSA) is 78.7 Å². The van der Waals surface area contributed by atoms with Gasteiger partial charge < -0.3 is 5.73 Å². The number of rotatable bonds is 2. The zero-order valence-electron chi connectivity index (χ0n) is 13.1. The summed E-state index contributed by atoms with van der Waals surface area (Å²) in [7, 11) is 0. The van der Waals surface area contributed by atoms with E-state index >= 15 is 0 Å². The van der Waals surface area contributed by atoms with Crippen LogP contribution in [0.5, 0.6) is 0 Å². The number of anilines is 1. The molecule has 1 aliphatic rings. The number of para-hydroxylation sites is 1. The van der Waals surface area contributed by atoms with Gasteiger partial charge in [0.05, 0.1) is 17.1 Å². The predicted molar refractivity (Wildman–Crippen MR) is 89.8 cm³/mol. The second kappa shape index (κ2) is 5.22. The summed E-state index contributed by atoms with van der Waals surface area (Å²) in [6.07, 6.45) is 6.62. The number of aryl methyl sites for hydroxylation is 1. The summed E-state index contributed by atoms with van der Waals surface area (Å²) in [6, 6.07) is 8.12. The lowest BCUT2D eigenvalue weighted by molar-refractivity contribution is 0.469. The molecule has 0 saturated heterocycles. The van der Waals surface area contributed by atoms with Crippen molar-refractivity contribution in [2.45, 2.75) is 38.6 Å². The van der Waals surface area contributed by atoms with Crippen LogP contribution < -0.4 is 11.4 Å². The molecule has 1 saturated carbocycles. The van der Waals surface area contributed by atoms with Crippen LogP contribution in [0.25, 0.3) is 16.7 Å². The summed E-state index contributed by atoms with van der Waals surface area (Å²) in [6.45, 7) is 1.97. The van der Waals surface area contributed by atoms with Crippen LogP contribution >= 0.6 is 0 Å². The molecule has 0 atom stereocenters. The van der Waals surface area contributed by atoms with Crippen molar-refractivity contribution in [3.05, 3.63) is 46.5 Å². The van der Waals surface area contributed by atoms with Crippen molar-refractivity contribution in [3.8, 4) is 5.69 Å². The van der Waals surface area contributed by atoms with Crippen molar-refractivity contribution in [2.75, 3.05) is 5.73 Å². The third-order valence-corrected chi connectivity index (χ3v) is 4.66. The average molecular weight is 309 g/mol. The molecule has 0 aliphatic heterocycles. The maximum Gasteiger partial charge on any atom is 0.355 e. The fourth-order valence-corrected chi connectivity index (χ4v) is 3.42. The van der Waals surface area contributed by atoms with Crippen LogP contribution in [0.4, 0.5) is 5.82 Å². The Morgan fingerprint density at radius 2 is 1.96 bits per heavy atom. The lowest BCUT2D eigenvalue weighted by Crippen LogP contribution is -2.23. The molecular weight excluding hydrogens is 290 g/mol. The van der Waals surface area contributed by atoms with Gasteiger partial charge in [0.2, 0.25) is 0 Å². The summed E-state index contributed by atoms with van der Waals surface area (Å²) >= 11 is 0. The number of fused-ring (bicyclic) bond motifs is 1. The first kappa shape index (κ1) is 14.0. The van der Waals surface area contributed by atoms with Gasteiger partial charge in [0.1, 0.15) is 5.82 Å². The molecule has 6 nitrogen and oxygen atoms in total. The fourth-order valence-electron chi connectivity index (χ4n) is 3.42. The number of nitrogen functional groups attached to an aromatic ring is 1. The van der Waals surface area contributed by atoms with Crippen molar-refractivity contribution >= 4 is 16.9 Å². The Hall–Kier alpha value is -2.63. The molecule has 6 heteroatoms. The Kier molecular flexibility index (Phi) is 3.18. The molecule has 1 fully saturated rings. The van der Waals surface area contributed by atoms with Crippen LogP contribution in [0.15, 0.2) is 35.3 Å². The van der Waals surface area contributed by atoms with Crippen molar-refractivity contribution in [2.24, 2.45) is 0 Å². The van der Waals surface area contributed by atoms with Crippen molar-refractivity contribution in [3.63, 3.8) is 0 Å². The van der Waals surface area contributed by atoms with E-state index in [1.165, 1.54) is 12.8 Å². The monoisotopic (exact) mass is 309 g/mol. The van der Waals surface area contributed by atoms with E-state index in [4.69, 9.17) is 10.8 Å². The Balaban J connectivity index is 2.00. The maximum atomic E-state index is 12.5. The van der Waals surface area contributed by atoms with E-state index in [1.54, 1.807) is 4.57 Å². The van der Waals surface area contributed by atoms with E-state index in [1.807, 2.05) is 42.1 Å². The molecule has 0 unspecified atom stereocenters. The molecule has 2 N–H and O–H groups in total. The molecule has 0 radical (unpaired) electrons. The SMILES string of the molecule is Cc1ccccc1-n1c(=O)nc(N)c2cn(C3CCCC3)nc21. The van der Waals surface area contributed by atoms with Crippen molar-refractivity contribution < 1.29 is 0 Å². The maximum absolute atomic E-state index is 12.5. The minimum Gasteiger partial charge on any atom is -0.383 e. The molecule has 118 valence electrons. The largest absolute Gasteiger partial charge is 0.383 e. The first-order chi connectivity index (χ1) is 11.1. The molecule has 2 aromatic heterocycles.